The Morgan fingerprint density at radius 3 is 2.41 bits per heavy atom. The molecule has 210 valence electrons. The van der Waals surface area contributed by atoms with Gasteiger partial charge in [-0.05, 0) is 79.5 Å². The van der Waals surface area contributed by atoms with Gasteiger partial charge in [0.2, 0.25) is 0 Å². The van der Waals surface area contributed by atoms with E-state index < -0.39 is 6.09 Å². The molecule has 2 N–H and O–H groups in total. The number of Topliss-reactive ketones (excluding diaryl/α,β-unsaturated/α-hetero) is 1. The summed E-state index contributed by atoms with van der Waals surface area (Å²) in [6.45, 7) is 4.22. The number of amides is 2. The molecule has 7 rings (SSSR count). The number of methoxy groups -OCH3 is 1. The number of furan rings is 1. The van der Waals surface area contributed by atoms with Gasteiger partial charge in [-0.15, -0.1) is 0 Å². The zero-order valence-electron chi connectivity index (χ0n) is 23.6. The number of carbonyl (C=O) groups is 3. The smallest absolute Gasteiger partial charge is 0.406 e. The average Bonchev–Trinajstić information content (AvgIpc) is 3.32. The molecular formula is C34H34N2O5. The summed E-state index contributed by atoms with van der Waals surface area (Å²) in [5.74, 6) is 1.26. The lowest BCUT2D eigenvalue weighted by Crippen LogP contribution is -2.68. The van der Waals surface area contributed by atoms with Crippen LogP contribution in [0.15, 0.2) is 65.1 Å². The normalized spacial score (nSPS) is 18.8. The van der Waals surface area contributed by atoms with Gasteiger partial charge in [0.25, 0.3) is 5.91 Å². The molecule has 41 heavy (non-hydrogen) atoms. The molecule has 3 fully saturated rings. The number of benzene rings is 3. The Labute approximate surface area is 239 Å². The largest absolute Gasteiger partial charge is 0.455 e. The van der Waals surface area contributed by atoms with Crippen molar-refractivity contribution in [3.8, 4) is 22.5 Å². The summed E-state index contributed by atoms with van der Waals surface area (Å²) in [6, 6.07) is 19.5. The minimum absolute atomic E-state index is 0.00271. The highest BCUT2D eigenvalue weighted by atomic mass is 16.5. The summed E-state index contributed by atoms with van der Waals surface area (Å²) in [7, 11) is 1.33. The molecule has 0 aliphatic heterocycles. The quantitative estimate of drug-likeness (QED) is 0.222. The number of hydrogen-bond donors (Lipinski definition) is 2. The number of hydrogen-bond acceptors (Lipinski definition) is 5. The summed E-state index contributed by atoms with van der Waals surface area (Å²) in [4.78, 5) is 38.2. The van der Waals surface area contributed by atoms with Gasteiger partial charge in [-0.3, -0.25) is 9.59 Å². The summed E-state index contributed by atoms with van der Waals surface area (Å²) in [6.07, 6.45) is 3.56. The van der Waals surface area contributed by atoms with E-state index in [0.717, 1.165) is 58.4 Å². The fourth-order valence-electron chi connectivity index (χ4n) is 6.17. The van der Waals surface area contributed by atoms with E-state index in [2.05, 4.69) is 10.6 Å². The highest BCUT2D eigenvalue weighted by molar-refractivity contribution is 6.13. The van der Waals surface area contributed by atoms with E-state index in [0.29, 0.717) is 41.9 Å². The van der Waals surface area contributed by atoms with E-state index in [4.69, 9.17) is 9.15 Å². The fraction of sp³-hybridized carbons (Fsp3) is 0.324. The number of rotatable bonds is 9. The van der Waals surface area contributed by atoms with Crippen LogP contribution in [0.4, 0.5) is 4.79 Å². The standard InChI is InChI=1S/C34H34N2O5/c1-4-28(37)30-27-16-26(23-6-5-7-25(14-23)32(38)36-34-17-21(18-34)19-34)24(12-13-35-33(39)40-3)15-29(27)41-31(30)22-10-8-20(2)9-11-22/h5-11,14-16,21H,4,12-13,17-19H2,1-3H3,(H,35,39)(H,36,38). The van der Waals surface area contributed by atoms with Gasteiger partial charge in [0, 0.05) is 35.0 Å². The minimum Gasteiger partial charge on any atom is -0.455 e. The lowest BCUT2D eigenvalue weighted by molar-refractivity contribution is -0.0438. The molecule has 3 aromatic carbocycles. The summed E-state index contributed by atoms with van der Waals surface area (Å²) in [5, 5.41) is 6.73. The zero-order valence-corrected chi connectivity index (χ0v) is 23.6. The van der Waals surface area contributed by atoms with Crippen LogP contribution >= 0.6 is 0 Å². The molecule has 7 heteroatoms. The molecule has 4 aromatic rings. The van der Waals surface area contributed by atoms with Gasteiger partial charge in [0.15, 0.2) is 5.78 Å². The van der Waals surface area contributed by atoms with Crippen LogP contribution in [0.5, 0.6) is 0 Å². The fourth-order valence-corrected chi connectivity index (χ4v) is 6.17. The molecule has 1 aromatic heterocycles. The van der Waals surface area contributed by atoms with Crippen LogP contribution in [0.2, 0.25) is 0 Å². The van der Waals surface area contributed by atoms with E-state index in [1.165, 1.54) is 7.11 Å². The van der Waals surface area contributed by atoms with Crippen molar-refractivity contribution < 1.29 is 23.5 Å². The molecule has 3 saturated carbocycles. The van der Waals surface area contributed by atoms with E-state index in [9.17, 15) is 14.4 Å². The van der Waals surface area contributed by atoms with Gasteiger partial charge in [-0.1, -0.05) is 48.9 Å². The van der Waals surface area contributed by atoms with Crippen molar-refractivity contribution in [1.82, 2.24) is 10.6 Å². The Morgan fingerprint density at radius 2 is 1.76 bits per heavy atom. The van der Waals surface area contributed by atoms with Gasteiger partial charge in [0.05, 0.1) is 12.7 Å². The Balaban J connectivity index is 1.45. The molecule has 7 nitrogen and oxygen atoms in total. The number of alkyl carbamates (subject to hydrolysis) is 1. The second-order valence-corrected chi connectivity index (χ2v) is 11.4. The minimum atomic E-state index is -0.504. The predicted molar refractivity (Wildman–Crippen MR) is 158 cm³/mol. The van der Waals surface area contributed by atoms with Gasteiger partial charge in [-0.2, -0.15) is 0 Å². The number of ketones is 1. The summed E-state index contributed by atoms with van der Waals surface area (Å²) >= 11 is 0. The van der Waals surface area contributed by atoms with Gasteiger partial charge in [-0.25, -0.2) is 4.79 Å². The first-order valence-electron chi connectivity index (χ1n) is 14.2. The third-order valence-corrected chi connectivity index (χ3v) is 8.53. The number of aryl methyl sites for hydroxylation is 1. The van der Waals surface area contributed by atoms with Gasteiger partial charge in [0.1, 0.15) is 11.3 Å². The second-order valence-electron chi connectivity index (χ2n) is 11.4. The van der Waals surface area contributed by atoms with Crippen molar-refractivity contribution in [3.05, 3.63) is 82.9 Å². The Hall–Kier alpha value is -4.39. The molecule has 0 radical (unpaired) electrons. The van der Waals surface area contributed by atoms with Crippen LogP contribution in [0.25, 0.3) is 33.4 Å². The maximum Gasteiger partial charge on any atom is 0.406 e. The third-order valence-electron chi connectivity index (χ3n) is 8.53. The Kier molecular flexibility index (Phi) is 6.89. The summed E-state index contributed by atoms with van der Waals surface area (Å²) < 4.78 is 11.1. The van der Waals surface area contributed by atoms with Crippen LogP contribution in [0, 0.1) is 12.8 Å². The molecule has 2 bridgehead atoms. The van der Waals surface area contributed by atoms with E-state index >= 15 is 0 Å². The van der Waals surface area contributed by atoms with E-state index in [1.807, 2.05) is 74.5 Å². The van der Waals surface area contributed by atoms with Crippen molar-refractivity contribution in [2.75, 3.05) is 13.7 Å². The number of carbonyl (C=O) groups excluding carboxylic acids is 3. The zero-order chi connectivity index (χ0) is 28.7. The lowest BCUT2D eigenvalue weighted by atomic mass is 9.50. The molecule has 1 heterocycles. The number of nitrogens with one attached hydrogen (secondary N) is 2. The summed E-state index contributed by atoms with van der Waals surface area (Å²) in [5.41, 5.74) is 6.37. The van der Waals surface area contributed by atoms with Crippen LogP contribution < -0.4 is 10.6 Å². The first-order valence-corrected chi connectivity index (χ1v) is 14.2. The second kappa shape index (κ2) is 10.5. The van der Waals surface area contributed by atoms with E-state index in [1.54, 1.807) is 0 Å². The average molecular weight is 551 g/mol. The maximum atomic E-state index is 13.3. The van der Waals surface area contributed by atoms with Crippen molar-refractivity contribution in [1.29, 1.82) is 0 Å². The van der Waals surface area contributed by atoms with Crippen molar-refractivity contribution in [2.45, 2.75) is 51.5 Å². The molecule has 2 amide bonds. The number of fused-ring (bicyclic) bond motifs is 1. The molecular weight excluding hydrogens is 516 g/mol. The molecule has 0 saturated heterocycles. The van der Waals surface area contributed by atoms with Crippen LogP contribution in [0.3, 0.4) is 0 Å². The predicted octanol–water partition coefficient (Wildman–Crippen LogP) is 6.85. The molecule has 0 spiro atoms. The van der Waals surface area contributed by atoms with Crippen molar-refractivity contribution in [3.63, 3.8) is 0 Å². The molecule has 0 unspecified atom stereocenters. The van der Waals surface area contributed by atoms with Gasteiger partial charge < -0.3 is 19.8 Å². The molecule has 3 aliphatic rings. The van der Waals surface area contributed by atoms with Crippen LogP contribution in [-0.4, -0.2) is 37.0 Å². The lowest BCUT2D eigenvalue weighted by Gasteiger charge is -2.61. The molecule has 0 atom stereocenters. The van der Waals surface area contributed by atoms with Crippen molar-refractivity contribution >= 4 is 28.8 Å². The third kappa shape index (κ3) is 5.01. The Bertz CT molecular complexity index is 1650. The first-order chi connectivity index (χ1) is 19.8. The number of ether oxygens (including phenoxy) is 1. The maximum absolute atomic E-state index is 13.3. The van der Waals surface area contributed by atoms with Crippen molar-refractivity contribution in [2.24, 2.45) is 5.92 Å². The highest BCUT2D eigenvalue weighted by Crippen LogP contribution is 2.57. The van der Waals surface area contributed by atoms with Crippen LogP contribution in [-0.2, 0) is 11.2 Å². The van der Waals surface area contributed by atoms with Crippen LogP contribution in [0.1, 0.15) is 64.4 Å². The highest BCUT2D eigenvalue weighted by Gasteiger charge is 2.57. The van der Waals surface area contributed by atoms with E-state index in [-0.39, 0.29) is 17.2 Å². The molecule has 3 aliphatic carbocycles. The SMILES string of the molecule is CCC(=O)c1c(-c2ccc(C)cc2)oc2cc(CCNC(=O)OC)c(-c3cccc(C(=O)NC45CC(C4)C5)c3)cc12. The van der Waals surface area contributed by atoms with Gasteiger partial charge >= 0.3 is 6.09 Å². The monoisotopic (exact) mass is 550 g/mol. The topological polar surface area (TPSA) is 97.6 Å². The Morgan fingerprint density at radius 1 is 1.00 bits per heavy atom. The first kappa shape index (κ1) is 26.8.